The Bertz CT molecular complexity index is 336. The maximum absolute atomic E-state index is 5.77. The summed E-state index contributed by atoms with van der Waals surface area (Å²) >= 11 is 5.77. The summed E-state index contributed by atoms with van der Waals surface area (Å²) in [6.45, 7) is 5.22. The summed E-state index contributed by atoms with van der Waals surface area (Å²) in [5, 5.41) is 6.21. The standard InChI is InChI=1S/C9H16ClN5O/c1-4-11-8-13-7(10)14-9(15-8)12-6(2)5-16-3/h6H,4-5H2,1-3H3,(H2,11,12,13,14,15). The molecule has 0 spiro atoms. The Morgan fingerprint density at radius 1 is 1.31 bits per heavy atom. The molecule has 1 aromatic heterocycles. The van der Waals surface area contributed by atoms with Crippen LogP contribution < -0.4 is 10.6 Å². The van der Waals surface area contributed by atoms with E-state index in [4.69, 9.17) is 16.3 Å². The van der Waals surface area contributed by atoms with Gasteiger partial charge in [0.05, 0.1) is 6.61 Å². The molecule has 6 nitrogen and oxygen atoms in total. The number of anilines is 2. The van der Waals surface area contributed by atoms with E-state index in [1.807, 2.05) is 13.8 Å². The fraction of sp³-hybridized carbons (Fsp3) is 0.667. The molecule has 0 saturated heterocycles. The van der Waals surface area contributed by atoms with Crippen molar-refractivity contribution in [2.75, 3.05) is 30.9 Å². The summed E-state index contributed by atoms with van der Waals surface area (Å²) in [5.41, 5.74) is 0. The monoisotopic (exact) mass is 245 g/mol. The van der Waals surface area contributed by atoms with Gasteiger partial charge in [-0.15, -0.1) is 0 Å². The zero-order valence-corrected chi connectivity index (χ0v) is 10.4. The summed E-state index contributed by atoms with van der Waals surface area (Å²) in [5.74, 6) is 0.912. The van der Waals surface area contributed by atoms with E-state index in [2.05, 4.69) is 25.6 Å². The Hall–Kier alpha value is -1.14. The predicted molar refractivity (Wildman–Crippen MR) is 64.0 cm³/mol. The normalized spacial score (nSPS) is 12.2. The van der Waals surface area contributed by atoms with Crippen molar-refractivity contribution in [3.05, 3.63) is 5.28 Å². The molecule has 16 heavy (non-hydrogen) atoms. The van der Waals surface area contributed by atoms with E-state index < -0.39 is 0 Å². The molecule has 0 aliphatic rings. The Morgan fingerprint density at radius 2 is 2.00 bits per heavy atom. The van der Waals surface area contributed by atoms with E-state index in [1.54, 1.807) is 7.11 Å². The minimum absolute atomic E-state index is 0.109. The zero-order valence-electron chi connectivity index (χ0n) is 9.62. The average molecular weight is 246 g/mol. The van der Waals surface area contributed by atoms with Crippen LogP contribution >= 0.6 is 11.6 Å². The van der Waals surface area contributed by atoms with Crippen molar-refractivity contribution in [2.45, 2.75) is 19.9 Å². The number of halogens is 1. The minimum atomic E-state index is 0.109. The van der Waals surface area contributed by atoms with Gasteiger partial charge in [0.25, 0.3) is 0 Å². The predicted octanol–water partition coefficient (Wildman–Crippen LogP) is 1.40. The molecule has 0 bridgehead atoms. The van der Waals surface area contributed by atoms with Crippen molar-refractivity contribution in [2.24, 2.45) is 0 Å². The van der Waals surface area contributed by atoms with Gasteiger partial charge < -0.3 is 15.4 Å². The summed E-state index contributed by atoms with van der Waals surface area (Å²) in [4.78, 5) is 12.1. The molecule has 90 valence electrons. The van der Waals surface area contributed by atoms with Gasteiger partial charge in [-0.25, -0.2) is 0 Å². The average Bonchev–Trinajstić information content (AvgIpc) is 2.17. The van der Waals surface area contributed by atoms with Gasteiger partial charge in [0.15, 0.2) is 0 Å². The van der Waals surface area contributed by atoms with Crippen LogP contribution in [0.2, 0.25) is 5.28 Å². The van der Waals surface area contributed by atoms with E-state index in [-0.39, 0.29) is 11.3 Å². The molecular formula is C9H16ClN5O. The van der Waals surface area contributed by atoms with Crippen LogP contribution in [0, 0.1) is 0 Å². The first kappa shape index (κ1) is 12.9. The molecule has 0 saturated carbocycles. The van der Waals surface area contributed by atoms with Crippen molar-refractivity contribution in [1.82, 2.24) is 15.0 Å². The molecule has 7 heteroatoms. The molecule has 0 aromatic carbocycles. The van der Waals surface area contributed by atoms with Gasteiger partial charge in [-0.05, 0) is 25.4 Å². The second-order valence-corrected chi connectivity index (χ2v) is 3.62. The third-order valence-electron chi connectivity index (χ3n) is 1.74. The van der Waals surface area contributed by atoms with E-state index in [1.165, 1.54) is 0 Å². The molecule has 0 radical (unpaired) electrons. The van der Waals surface area contributed by atoms with Gasteiger partial charge in [-0.3, -0.25) is 0 Å². The van der Waals surface area contributed by atoms with Crippen molar-refractivity contribution >= 4 is 23.5 Å². The molecule has 1 rings (SSSR count). The second-order valence-electron chi connectivity index (χ2n) is 3.28. The first-order chi connectivity index (χ1) is 7.65. The highest BCUT2D eigenvalue weighted by molar-refractivity contribution is 6.28. The molecule has 2 N–H and O–H groups in total. The second kappa shape index (κ2) is 6.44. The van der Waals surface area contributed by atoms with Gasteiger partial charge >= 0.3 is 0 Å². The van der Waals surface area contributed by atoms with Crippen LogP contribution in [-0.4, -0.2) is 41.3 Å². The zero-order chi connectivity index (χ0) is 12.0. The molecule has 1 heterocycles. The fourth-order valence-corrected chi connectivity index (χ4v) is 1.32. The Kier molecular flexibility index (Phi) is 5.21. The topological polar surface area (TPSA) is 72.0 Å². The van der Waals surface area contributed by atoms with Crippen LogP contribution in [0.4, 0.5) is 11.9 Å². The van der Waals surface area contributed by atoms with Gasteiger partial charge in [-0.2, -0.15) is 15.0 Å². The number of nitrogens with zero attached hydrogens (tertiary/aromatic N) is 3. The first-order valence-electron chi connectivity index (χ1n) is 5.06. The number of hydrogen-bond donors (Lipinski definition) is 2. The van der Waals surface area contributed by atoms with Crippen LogP contribution in [-0.2, 0) is 4.74 Å². The summed E-state index contributed by atoms with van der Waals surface area (Å²) in [7, 11) is 1.64. The molecule has 0 aliphatic carbocycles. The summed E-state index contributed by atoms with van der Waals surface area (Å²) < 4.78 is 5.00. The third-order valence-corrected chi connectivity index (χ3v) is 1.90. The lowest BCUT2D eigenvalue weighted by atomic mass is 10.4. The van der Waals surface area contributed by atoms with Crippen LogP contribution in [0.15, 0.2) is 0 Å². The Morgan fingerprint density at radius 3 is 2.62 bits per heavy atom. The summed E-state index contributed by atoms with van der Waals surface area (Å²) in [6, 6.07) is 0.109. The molecule has 1 aromatic rings. The number of nitrogens with one attached hydrogen (secondary N) is 2. The number of ether oxygens (including phenoxy) is 1. The van der Waals surface area contributed by atoms with Crippen LogP contribution in [0.3, 0.4) is 0 Å². The molecule has 1 unspecified atom stereocenters. The number of hydrogen-bond acceptors (Lipinski definition) is 6. The van der Waals surface area contributed by atoms with Crippen LogP contribution in [0.1, 0.15) is 13.8 Å². The number of aromatic nitrogens is 3. The molecule has 1 atom stereocenters. The van der Waals surface area contributed by atoms with Gasteiger partial charge in [-0.1, -0.05) is 0 Å². The molecule has 0 amide bonds. The minimum Gasteiger partial charge on any atom is -0.383 e. The molecule has 0 fully saturated rings. The maximum Gasteiger partial charge on any atom is 0.229 e. The van der Waals surface area contributed by atoms with Crippen molar-refractivity contribution < 1.29 is 4.74 Å². The first-order valence-corrected chi connectivity index (χ1v) is 5.44. The van der Waals surface area contributed by atoms with E-state index in [0.717, 1.165) is 6.54 Å². The van der Waals surface area contributed by atoms with Crippen LogP contribution in [0.25, 0.3) is 0 Å². The van der Waals surface area contributed by atoms with E-state index >= 15 is 0 Å². The van der Waals surface area contributed by atoms with Crippen molar-refractivity contribution in [3.63, 3.8) is 0 Å². The fourth-order valence-electron chi connectivity index (χ4n) is 1.16. The lowest BCUT2D eigenvalue weighted by Crippen LogP contribution is -2.22. The lowest BCUT2D eigenvalue weighted by molar-refractivity contribution is 0.190. The summed E-state index contributed by atoms with van der Waals surface area (Å²) in [6.07, 6.45) is 0. The van der Waals surface area contributed by atoms with Gasteiger partial charge in [0.1, 0.15) is 0 Å². The highest BCUT2D eigenvalue weighted by Crippen LogP contribution is 2.10. The highest BCUT2D eigenvalue weighted by atomic mass is 35.5. The molecular weight excluding hydrogens is 230 g/mol. The van der Waals surface area contributed by atoms with Crippen molar-refractivity contribution in [1.29, 1.82) is 0 Å². The smallest absolute Gasteiger partial charge is 0.229 e. The van der Waals surface area contributed by atoms with Crippen LogP contribution in [0.5, 0.6) is 0 Å². The Labute approximate surface area is 99.8 Å². The SMILES string of the molecule is CCNc1nc(Cl)nc(NC(C)COC)n1. The van der Waals surface area contributed by atoms with Gasteiger partial charge in [0.2, 0.25) is 17.2 Å². The molecule has 0 aliphatic heterocycles. The van der Waals surface area contributed by atoms with E-state index in [0.29, 0.717) is 18.5 Å². The number of rotatable bonds is 6. The van der Waals surface area contributed by atoms with Gasteiger partial charge in [0, 0.05) is 19.7 Å². The highest BCUT2D eigenvalue weighted by Gasteiger charge is 2.07. The lowest BCUT2D eigenvalue weighted by Gasteiger charge is -2.13. The Balaban J connectivity index is 2.71. The third kappa shape index (κ3) is 4.16. The number of methoxy groups -OCH3 is 1. The largest absolute Gasteiger partial charge is 0.383 e. The van der Waals surface area contributed by atoms with Crippen molar-refractivity contribution in [3.8, 4) is 0 Å². The maximum atomic E-state index is 5.77. The quantitative estimate of drug-likeness (QED) is 0.790. The van der Waals surface area contributed by atoms with E-state index in [9.17, 15) is 0 Å².